The lowest BCUT2D eigenvalue weighted by atomic mass is 10.3. The fourth-order valence-corrected chi connectivity index (χ4v) is 5.03. The Kier molecular flexibility index (Phi) is 3.99. The molecule has 1 heterocycles. The van der Waals surface area contributed by atoms with E-state index in [-0.39, 0.29) is 6.04 Å². The summed E-state index contributed by atoms with van der Waals surface area (Å²) < 4.78 is 28.0. The topological polar surface area (TPSA) is 37.4 Å². The van der Waals surface area contributed by atoms with Gasteiger partial charge in [0.15, 0.2) is 0 Å². The van der Waals surface area contributed by atoms with Crippen LogP contribution in [0.2, 0.25) is 0 Å². The Hall–Kier alpha value is -0.690. The Morgan fingerprint density at radius 2 is 2.10 bits per heavy atom. The summed E-state index contributed by atoms with van der Waals surface area (Å²) in [4.78, 5) is 0.356. The van der Waals surface area contributed by atoms with Crippen LogP contribution >= 0.6 is 27.3 Å². The van der Waals surface area contributed by atoms with Gasteiger partial charge in [-0.25, -0.2) is 8.42 Å². The van der Waals surface area contributed by atoms with Crippen molar-refractivity contribution in [1.82, 2.24) is 4.31 Å². The Bertz CT molecular complexity index is 694. The highest BCUT2D eigenvalue weighted by Crippen LogP contribution is 2.34. The number of benzene rings is 1. The van der Waals surface area contributed by atoms with E-state index in [0.717, 1.165) is 22.9 Å². The van der Waals surface area contributed by atoms with Gasteiger partial charge in [-0.3, -0.25) is 0 Å². The number of sulfonamides is 1. The van der Waals surface area contributed by atoms with Crippen LogP contribution in [-0.2, 0) is 16.6 Å². The lowest BCUT2D eigenvalue weighted by molar-refractivity contribution is 0.399. The molecule has 0 saturated heterocycles. The zero-order chi connectivity index (χ0) is 14.2. The van der Waals surface area contributed by atoms with E-state index in [9.17, 15) is 8.42 Å². The quantitative estimate of drug-likeness (QED) is 0.799. The smallest absolute Gasteiger partial charge is 0.207 e. The number of rotatable bonds is 5. The minimum Gasteiger partial charge on any atom is -0.207 e. The number of hydrogen-bond acceptors (Lipinski definition) is 3. The Morgan fingerprint density at radius 1 is 1.30 bits per heavy atom. The van der Waals surface area contributed by atoms with Crippen LogP contribution in [0.3, 0.4) is 0 Å². The van der Waals surface area contributed by atoms with Crippen molar-refractivity contribution in [2.24, 2.45) is 0 Å². The monoisotopic (exact) mass is 371 g/mol. The van der Waals surface area contributed by atoms with Crippen LogP contribution in [0.1, 0.15) is 18.4 Å². The average Bonchev–Trinajstić information content (AvgIpc) is 3.12. The fourth-order valence-electron chi connectivity index (χ4n) is 2.10. The van der Waals surface area contributed by atoms with E-state index in [1.54, 1.807) is 33.8 Å². The second kappa shape index (κ2) is 5.60. The van der Waals surface area contributed by atoms with Gasteiger partial charge in [-0.15, -0.1) is 0 Å². The summed E-state index contributed by atoms with van der Waals surface area (Å²) in [5.74, 6) is 0. The van der Waals surface area contributed by atoms with Crippen LogP contribution in [0.5, 0.6) is 0 Å². The first kappa shape index (κ1) is 14.3. The molecule has 1 saturated carbocycles. The first-order valence-electron chi connectivity index (χ1n) is 6.36. The summed E-state index contributed by atoms with van der Waals surface area (Å²) >= 11 is 4.93. The molecule has 0 bridgehead atoms. The molecule has 1 aromatic carbocycles. The second-order valence-corrected chi connectivity index (χ2v) is 8.46. The molecule has 0 radical (unpaired) electrons. The number of halogens is 1. The molecule has 0 aliphatic heterocycles. The molecule has 0 spiro atoms. The molecule has 1 fully saturated rings. The van der Waals surface area contributed by atoms with Crippen molar-refractivity contribution >= 4 is 37.3 Å². The second-order valence-electron chi connectivity index (χ2n) is 4.87. The largest absolute Gasteiger partial charge is 0.243 e. The number of thiophene rings is 1. The lowest BCUT2D eigenvalue weighted by Gasteiger charge is -2.21. The molecule has 1 aliphatic carbocycles. The molecule has 0 amide bonds. The maximum Gasteiger partial charge on any atom is 0.243 e. The average molecular weight is 372 g/mol. The molecular weight excluding hydrogens is 358 g/mol. The van der Waals surface area contributed by atoms with E-state index in [1.807, 2.05) is 22.9 Å². The number of hydrogen-bond donors (Lipinski definition) is 0. The summed E-state index contributed by atoms with van der Waals surface area (Å²) in [5, 5.41) is 3.98. The minimum absolute atomic E-state index is 0.152. The molecule has 0 atom stereocenters. The van der Waals surface area contributed by atoms with Crippen molar-refractivity contribution in [3.63, 3.8) is 0 Å². The van der Waals surface area contributed by atoms with E-state index in [1.165, 1.54) is 0 Å². The van der Waals surface area contributed by atoms with Crippen LogP contribution in [0, 0.1) is 0 Å². The van der Waals surface area contributed by atoms with Crippen molar-refractivity contribution in [2.75, 3.05) is 0 Å². The Morgan fingerprint density at radius 3 is 2.70 bits per heavy atom. The van der Waals surface area contributed by atoms with Crippen LogP contribution in [0.4, 0.5) is 0 Å². The van der Waals surface area contributed by atoms with Crippen LogP contribution in [-0.4, -0.2) is 18.8 Å². The standard InChI is InChI=1S/C14H14BrNO2S2/c15-12-2-1-3-14(8-12)20(17,18)16(13-4-5-13)9-11-6-7-19-10-11/h1-3,6-8,10,13H,4-5,9H2. The van der Waals surface area contributed by atoms with E-state index < -0.39 is 10.0 Å². The van der Waals surface area contributed by atoms with E-state index in [0.29, 0.717) is 11.4 Å². The molecule has 6 heteroatoms. The first-order valence-corrected chi connectivity index (χ1v) is 9.53. The van der Waals surface area contributed by atoms with E-state index in [4.69, 9.17) is 0 Å². The van der Waals surface area contributed by atoms with Gasteiger partial charge in [-0.05, 0) is 53.4 Å². The highest BCUT2D eigenvalue weighted by Gasteiger charge is 2.38. The van der Waals surface area contributed by atoms with Crippen molar-refractivity contribution < 1.29 is 8.42 Å². The minimum atomic E-state index is -3.43. The van der Waals surface area contributed by atoms with Gasteiger partial charge in [-0.1, -0.05) is 22.0 Å². The van der Waals surface area contributed by atoms with Gasteiger partial charge in [0, 0.05) is 17.1 Å². The molecule has 0 unspecified atom stereocenters. The van der Waals surface area contributed by atoms with Crippen LogP contribution in [0.25, 0.3) is 0 Å². The van der Waals surface area contributed by atoms with Crippen LogP contribution < -0.4 is 0 Å². The third kappa shape index (κ3) is 2.98. The number of nitrogens with zero attached hydrogens (tertiary/aromatic N) is 1. The molecule has 106 valence electrons. The van der Waals surface area contributed by atoms with Crippen molar-refractivity contribution in [3.05, 3.63) is 51.1 Å². The summed E-state index contributed by atoms with van der Waals surface area (Å²) in [7, 11) is -3.43. The third-order valence-corrected chi connectivity index (χ3v) is 6.39. The maximum atomic E-state index is 12.8. The lowest BCUT2D eigenvalue weighted by Crippen LogP contribution is -2.32. The van der Waals surface area contributed by atoms with Gasteiger partial charge in [0.1, 0.15) is 0 Å². The first-order chi connectivity index (χ1) is 9.57. The summed E-state index contributed by atoms with van der Waals surface area (Å²) in [6.45, 7) is 0.461. The fraction of sp³-hybridized carbons (Fsp3) is 0.286. The van der Waals surface area contributed by atoms with Crippen LogP contribution in [0.15, 0.2) is 50.5 Å². The Labute approximate surface area is 131 Å². The summed E-state index contributed by atoms with van der Waals surface area (Å²) in [6.07, 6.45) is 1.91. The molecule has 1 aliphatic rings. The van der Waals surface area contributed by atoms with Gasteiger partial charge in [0.05, 0.1) is 4.90 Å². The molecule has 2 aromatic rings. The maximum absolute atomic E-state index is 12.8. The predicted molar refractivity (Wildman–Crippen MR) is 84.2 cm³/mol. The van der Waals surface area contributed by atoms with E-state index >= 15 is 0 Å². The SMILES string of the molecule is O=S(=O)(c1cccc(Br)c1)N(Cc1ccsc1)C1CC1. The zero-order valence-corrected chi connectivity index (χ0v) is 13.9. The summed E-state index contributed by atoms with van der Waals surface area (Å²) in [6, 6.07) is 9.04. The predicted octanol–water partition coefficient (Wildman–Crippen LogP) is 3.86. The van der Waals surface area contributed by atoms with Crippen molar-refractivity contribution in [1.29, 1.82) is 0 Å². The Balaban J connectivity index is 1.94. The van der Waals surface area contributed by atoms with Gasteiger partial charge >= 0.3 is 0 Å². The van der Waals surface area contributed by atoms with Gasteiger partial charge in [-0.2, -0.15) is 15.6 Å². The third-order valence-electron chi connectivity index (χ3n) is 3.28. The molecule has 0 N–H and O–H groups in total. The highest BCUT2D eigenvalue weighted by atomic mass is 79.9. The highest BCUT2D eigenvalue weighted by molar-refractivity contribution is 9.10. The molecule has 1 aromatic heterocycles. The zero-order valence-electron chi connectivity index (χ0n) is 10.7. The molecular formula is C14H14BrNO2S2. The molecule has 3 nitrogen and oxygen atoms in total. The molecule has 3 rings (SSSR count). The van der Waals surface area contributed by atoms with Gasteiger partial charge in [0.2, 0.25) is 10.0 Å². The van der Waals surface area contributed by atoms with Crippen molar-refractivity contribution in [2.45, 2.75) is 30.3 Å². The molecule has 20 heavy (non-hydrogen) atoms. The van der Waals surface area contributed by atoms with Gasteiger partial charge in [0.25, 0.3) is 0 Å². The normalized spacial score (nSPS) is 15.7. The summed E-state index contributed by atoms with van der Waals surface area (Å²) in [5.41, 5.74) is 1.06. The van der Waals surface area contributed by atoms with Crippen molar-refractivity contribution in [3.8, 4) is 0 Å². The van der Waals surface area contributed by atoms with Gasteiger partial charge < -0.3 is 0 Å². The van der Waals surface area contributed by atoms with E-state index in [2.05, 4.69) is 15.9 Å².